The number of aromatic nitrogens is 3. The Morgan fingerprint density at radius 1 is 1.24 bits per heavy atom. The van der Waals surface area contributed by atoms with Crippen molar-refractivity contribution in [2.75, 3.05) is 11.9 Å². The fourth-order valence-electron chi connectivity index (χ4n) is 2.37. The summed E-state index contributed by atoms with van der Waals surface area (Å²) >= 11 is 1.05. The summed E-state index contributed by atoms with van der Waals surface area (Å²) in [7, 11) is 0. The van der Waals surface area contributed by atoms with Gasteiger partial charge in [-0.3, -0.25) is 14.9 Å². The van der Waals surface area contributed by atoms with Gasteiger partial charge in [-0.1, -0.05) is 6.07 Å². The van der Waals surface area contributed by atoms with Crippen LogP contribution in [-0.4, -0.2) is 38.4 Å². The molecule has 0 atom stereocenters. The van der Waals surface area contributed by atoms with Crippen LogP contribution >= 0.6 is 11.3 Å². The number of nitrogens with one attached hydrogen (secondary N) is 1. The van der Waals surface area contributed by atoms with E-state index in [1.54, 1.807) is 38.4 Å². The number of carbonyl (C=O) groups excluding carboxylic acids is 2. The van der Waals surface area contributed by atoms with Crippen LogP contribution < -0.4 is 5.32 Å². The largest absolute Gasteiger partial charge is 0.451 e. The first kappa shape index (κ1) is 20.0. The highest BCUT2D eigenvalue weighted by Gasteiger charge is 2.21. The van der Waals surface area contributed by atoms with Gasteiger partial charge < -0.3 is 10.1 Å². The van der Waals surface area contributed by atoms with E-state index >= 15 is 0 Å². The first-order valence-corrected chi connectivity index (χ1v) is 9.13. The van der Waals surface area contributed by atoms with E-state index in [2.05, 4.69) is 20.3 Å². The molecule has 3 rings (SSSR count). The highest BCUT2D eigenvalue weighted by Crippen LogP contribution is 2.26. The fourth-order valence-corrected chi connectivity index (χ4v) is 3.28. The number of hydrogen-bond donors (Lipinski definition) is 1. The van der Waals surface area contributed by atoms with Gasteiger partial charge in [-0.05, 0) is 31.5 Å². The number of esters is 1. The molecule has 148 valence electrons. The third-order valence-corrected chi connectivity index (χ3v) is 4.83. The van der Waals surface area contributed by atoms with Gasteiger partial charge in [-0.2, -0.15) is 0 Å². The number of nitro benzene ring substituents is 1. The van der Waals surface area contributed by atoms with Gasteiger partial charge in [0, 0.05) is 18.5 Å². The number of benzene rings is 1. The second-order valence-corrected chi connectivity index (χ2v) is 6.91. The first-order chi connectivity index (χ1) is 13.8. The van der Waals surface area contributed by atoms with Gasteiger partial charge in [-0.25, -0.2) is 19.7 Å². The van der Waals surface area contributed by atoms with Crippen LogP contribution in [0.2, 0.25) is 0 Å². The molecule has 10 nitrogen and oxygen atoms in total. The standard InChI is InChI=1S/C18H15N5O5S/c1-10-4-5-12(13(8-10)23(26)27)22-14(24)9-28-18(25)15-11(2)21-17(29-15)16-19-6-3-7-20-16/h3-8H,9H2,1-2H3,(H,22,24). The summed E-state index contributed by atoms with van der Waals surface area (Å²) in [5.41, 5.74) is 0.895. The van der Waals surface area contributed by atoms with Crippen LogP contribution in [0.15, 0.2) is 36.7 Å². The summed E-state index contributed by atoms with van der Waals surface area (Å²) < 4.78 is 5.02. The number of carbonyl (C=O) groups is 2. The van der Waals surface area contributed by atoms with Crippen molar-refractivity contribution in [2.24, 2.45) is 0 Å². The number of thiazole rings is 1. The summed E-state index contributed by atoms with van der Waals surface area (Å²) in [4.78, 5) is 47.5. The maximum atomic E-state index is 12.3. The topological polar surface area (TPSA) is 137 Å². The maximum Gasteiger partial charge on any atom is 0.350 e. The van der Waals surface area contributed by atoms with E-state index in [1.807, 2.05) is 0 Å². The van der Waals surface area contributed by atoms with E-state index in [-0.39, 0.29) is 16.3 Å². The molecule has 0 unspecified atom stereocenters. The quantitative estimate of drug-likeness (QED) is 0.370. The average Bonchev–Trinajstić information content (AvgIpc) is 3.10. The fraction of sp³-hybridized carbons (Fsp3) is 0.167. The summed E-state index contributed by atoms with van der Waals surface area (Å²) in [5.74, 6) is -1.04. The summed E-state index contributed by atoms with van der Waals surface area (Å²) in [5, 5.41) is 14.0. The van der Waals surface area contributed by atoms with Crippen LogP contribution in [0, 0.1) is 24.0 Å². The van der Waals surface area contributed by atoms with E-state index in [0.29, 0.717) is 22.1 Å². The lowest BCUT2D eigenvalue weighted by Crippen LogP contribution is -2.21. The van der Waals surface area contributed by atoms with Gasteiger partial charge in [0.1, 0.15) is 10.6 Å². The molecular formula is C18H15N5O5S. The molecule has 1 N–H and O–H groups in total. The van der Waals surface area contributed by atoms with Crippen LogP contribution in [0.4, 0.5) is 11.4 Å². The predicted molar refractivity (Wildman–Crippen MR) is 105 cm³/mol. The molecule has 0 saturated carbocycles. The minimum absolute atomic E-state index is 0.0270. The van der Waals surface area contributed by atoms with Gasteiger partial charge in [0.25, 0.3) is 11.6 Å². The zero-order valence-electron chi connectivity index (χ0n) is 15.4. The van der Waals surface area contributed by atoms with Crippen molar-refractivity contribution < 1.29 is 19.2 Å². The number of hydrogen-bond acceptors (Lipinski definition) is 9. The minimum Gasteiger partial charge on any atom is -0.451 e. The van der Waals surface area contributed by atoms with Crippen molar-refractivity contribution in [1.29, 1.82) is 0 Å². The van der Waals surface area contributed by atoms with Gasteiger partial charge in [-0.15, -0.1) is 11.3 Å². The van der Waals surface area contributed by atoms with Crippen molar-refractivity contribution in [3.63, 3.8) is 0 Å². The van der Waals surface area contributed by atoms with Crippen LogP contribution in [0.5, 0.6) is 0 Å². The summed E-state index contributed by atoms with van der Waals surface area (Å²) in [6, 6.07) is 6.06. The summed E-state index contributed by atoms with van der Waals surface area (Å²) in [6.45, 7) is 2.74. The van der Waals surface area contributed by atoms with E-state index in [9.17, 15) is 19.7 Å². The average molecular weight is 413 g/mol. The lowest BCUT2D eigenvalue weighted by Gasteiger charge is -2.07. The highest BCUT2D eigenvalue weighted by atomic mass is 32.1. The SMILES string of the molecule is Cc1ccc(NC(=O)COC(=O)c2sc(-c3ncccn3)nc2C)c([N+](=O)[O-])c1. The van der Waals surface area contributed by atoms with Crippen molar-refractivity contribution in [3.8, 4) is 10.8 Å². The maximum absolute atomic E-state index is 12.3. The van der Waals surface area contributed by atoms with Gasteiger partial charge in [0.05, 0.1) is 10.6 Å². The first-order valence-electron chi connectivity index (χ1n) is 8.32. The Bertz CT molecular complexity index is 1080. The second kappa shape index (κ2) is 8.52. The lowest BCUT2D eigenvalue weighted by atomic mass is 10.2. The number of nitro groups is 1. The Hall–Kier alpha value is -3.73. The molecule has 0 aliphatic rings. The van der Waals surface area contributed by atoms with Crippen molar-refractivity contribution in [1.82, 2.24) is 15.0 Å². The van der Waals surface area contributed by atoms with Crippen molar-refractivity contribution in [3.05, 3.63) is 62.9 Å². The third kappa shape index (κ3) is 4.76. The lowest BCUT2D eigenvalue weighted by molar-refractivity contribution is -0.384. The van der Waals surface area contributed by atoms with E-state index in [1.165, 1.54) is 12.1 Å². The van der Waals surface area contributed by atoms with Crippen LogP contribution in [0.25, 0.3) is 10.8 Å². The highest BCUT2D eigenvalue weighted by molar-refractivity contribution is 7.16. The molecule has 2 aromatic heterocycles. The molecule has 0 aliphatic heterocycles. The molecule has 0 spiro atoms. The number of nitrogens with zero attached hydrogens (tertiary/aromatic N) is 4. The minimum atomic E-state index is -0.726. The van der Waals surface area contributed by atoms with E-state index in [0.717, 1.165) is 11.3 Å². The predicted octanol–water partition coefficient (Wildman–Crippen LogP) is 2.92. The number of ether oxygens (including phenoxy) is 1. The molecule has 0 bridgehead atoms. The third-order valence-electron chi connectivity index (χ3n) is 3.70. The smallest absolute Gasteiger partial charge is 0.350 e. The van der Waals surface area contributed by atoms with Gasteiger partial charge >= 0.3 is 5.97 Å². The number of aryl methyl sites for hydroxylation is 2. The Morgan fingerprint density at radius 3 is 2.66 bits per heavy atom. The van der Waals surface area contributed by atoms with E-state index < -0.39 is 23.4 Å². The van der Waals surface area contributed by atoms with Crippen molar-refractivity contribution in [2.45, 2.75) is 13.8 Å². The zero-order chi connectivity index (χ0) is 21.0. The molecule has 1 aromatic carbocycles. The normalized spacial score (nSPS) is 10.4. The molecule has 1 amide bonds. The summed E-state index contributed by atoms with van der Waals surface area (Å²) in [6.07, 6.45) is 3.12. The molecule has 0 fully saturated rings. The van der Waals surface area contributed by atoms with Crippen LogP contribution in [0.3, 0.4) is 0 Å². The molecular weight excluding hydrogens is 398 g/mol. The molecule has 0 saturated heterocycles. The Labute approximate surface area is 168 Å². The van der Waals surface area contributed by atoms with Crippen LogP contribution in [0.1, 0.15) is 20.9 Å². The molecule has 29 heavy (non-hydrogen) atoms. The van der Waals surface area contributed by atoms with Crippen molar-refractivity contribution >= 4 is 34.6 Å². The van der Waals surface area contributed by atoms with Gasteiger partial charge in [0.15, 0.2) is 17.4 Å². The molecule has 0 radical (unpaired) electrons. The molecule has 11 heteroatoms. The molecule has 3 aromatic rings. The molecule has 2 heterocycles. The Morgan fingerprint density at radius 2 is 1.97 bits per heavy atom. The second-order valence-electron chi connectivity index (χ2n) is 5.91. The van der Waals surface area contributed by atoms with Crippen LogP contribution in [-0.2, 0) is 9.53 Å². The van der Waals surface area contributed by atoms with Gasteiger partial charge in [0.2, 0.25) is 0 Å². The Balaban J connectivity index is 1.65. The zero-order valence-corrected chi connectivity index (χ0v) is 16.2. The Kier molecular flexibility index (Phi) is 5.88. The number of rotatable bonds is 6. The number of amides is 1. The van der Waals surface area contributed by atoms with E-state index in [4.69, 9.17) is 4.74 Å². The number of anilines is 1. The molecule has 0 aliphatic carbocycles. The monoisotopic (exact) mass is 413 g/mol.